The van der Waals surface area contributed by atoms with Gasteiger partial charge >= 0.3 is 12.1 Å². The Labute approximate surface area is 156 Å². The average Bonchev–Trinajstić information content (AvgIpc) is 3.40. The number of carboxylic acids is 1. The van der Waals surface area contributed by atoms with Crippen molar-refractivity contribution in [3.63, 3.8) is 0 Å². The van der Waals surface area contributed by atoms with E-state index in [1.165, 1.54) is 19.1 Å². The molecule has 0 saturated heterocycles. The predicted molar refractivity (Wildman–Crippen MR) is 91.2 cm³/mol. The van der Waals surface area contributed by atoms with Gasteiger partial charge in [-0.25, -0.2) is 4.68 Å². The summed E-state index contributed by atoms with van der Waals surface area (Å²) in [5.74, 6) is -1.91. The van der Waals surface area contributed by atoms with Crippen LogP contribution >= 0.6 is 0 Å². The smallest absolute Gasteiger partial charge is 0.416 e. The van der Waals surface area contributed by atoms with Crippen molar-refractivity contribution in [3.05, 3.63) is 57.5 Å². The Morgan fingerprint density at radius 2 is 1.96 bits per heavy atom. The monoisotopic (exact) mass is 395 g/mol. The first kappa shape index (κ1) is 19.6. The van der Waals surface area contributed by atoms with Crippen LogP contribution in [-0.2, 0) is 11.0 Å². The topological polar surface area (TPSA) is 101 Å². The van der Waals surface area contributed by atoms with Crippen molar-refractivity contribution in [3.8, 4) is 5.69 Å². The second-order valence-electron chi connectivity index (χ2n) is 6.73. The molecule has 2 aromatic rings. The number of carboxylic acid groups (broad SMARTS) is 1. The molecule has 0 atom stereocenters. The molecular weight excluding hydrogens is 379 g/mol. The van der Waals surface area contributed by atoms with E-state index < -0.39 is 40.2 Å². The number of aliphatic carboxylic acids is 1. The molecule has 0 aliphatic heterocycles. The van der Waals surface area contributed by atoms with Gasteiger partial charge in [0.1, 0.15) is 0 Å². The fourth-order valence-electron chi connectivity index (χ4n) is 2.73. The van der Waals surface area contributed by atoms with Crippen molar-refractivity contribution in [2.24, 2.45) is 5.41 Å². The summed E-state index contributed by atoms with van der Waals surface area (Å²) in [5, 5.41) is 15.4. The number of hydrogen-bond donors (Lipinski definition) is 2. The fourth-order valence-corrected chi connectivity index (χ4v) is 2.73. The summed E-state index contributed by atoms with van der Waals surface area (Å²) in [7, 11) is 0. The number of benzene rings is 1. The Morgan fingerprint density at radius 3 is 2.54 bits per heavy atom. The molecule has 1 saturated carbocycles. The second-order valence-corrected chi connectivity index (χ2v) is 6.73. The summed E-state index contributed by atoms with van der Waals surface area (Å²) in [6, 6.07) is 5.41. The van der Waals surface area contributed by atoms with Crippen molar-refractivity contribution < 1.29 is 27.9 Å². The zero-order chi connectivity index (χ0) is 20.7. The van der Waals surface area contributed by atoms with E-state index in [4.69, 9.17) is 5.11 Å². The number of nitrogens with one attached hydrogen (secondary N) is 1. The maximum atomic E-state index is 12.9. The van der Waals surface area contributed by atoms with E-state index >= 15 is 0 Å². The molecule has 0 unspecified atom stereocenters. The van der Waals surface area contributed by atoms with Crippen LogP contribution in [0.3, 0.4) is 0 Å². The molecule has 10 heteroatoms. The normalized spacial score (nSPS) is 15.1. The highest BCUT2D eigenvalue weighted by molar-refractivity contribution is 5.92. The third kappa shape index (κ3) is 3.75. The van der Waals surface area contributed by atoms with Gasteiger partial charge in [0.05, 0.1) is 16.7 Å². The molecular formula is C18H16F3N3O4. The van der Waals surface area contributed by atoms with Gasteiger partial charge < -0.3 is 10.4 Å². The quantitative estimate of drug-likeness (QED) is 0.808. The van der Waals surface area contributed by atoms with Crippen LogP contribution in [0.25, 0.3) is 5.69 Å². The van der Waals surface area contributed by atoms with Crippen molar-refractivity contribution in [1.82, 2.24) is 15.1 Å². The van der Waals surface area contributed by atoms with Gasteiger partial charge in [0.2, 0.25) is 5.43 Å². The highest BCUT2D eigenvalue weighted by Gasteiger charge is 2.50. The summed E-state index contributed by atoms with van der Waals surface area (Å²) in [6.45, 7) is 1.32. The molecule has 1 aliphatic carbocycles. The second kappa shape index (κ2) is 6.77. The number of alkyl halides is 3. The zero-order valence-corrected chi connectivity index (χ0v) is 14.7. The van der Waals surface area contributed by atoms with E-state index in [-0.39, 0.29) is 17.9 Å². The molecule has 2 N–H and O–H groups in total. The maximum Gasteiger partial charge on any atom is 0.416 e. The minimum absolute atomic E-state index is 0.0329. The van der Waals surface area contributed by atoms with Crippen molar-refractivity contribution in [2.75, 3.05) is 6.54 Å². The molecule has 1 amide bonds. The van der Waals surface area contributed by atoms with Crippen molar-refractivity contribution in [1.29, 1.82) is 0 Å². The summed E-state index contributed by atoms with van der Waals surface area (Å²) in [5.41, 5.74) is -2.88. The lowest BCUT2D eigenvalue weighted by atomic mass is 10.1. The number of aromatic nitrogens is 2. The van der Waals surface area contributed by atoms with Gasteiger partial charge in [0, 0.05) is 18.3 Å². The van der Waals surface area contributed by atoms with E-state index in [9.17, 15) is 27.6 Å². The Balaban J connectivity index is 1.92. The SMILES string of the molecule is Cc1cc(=O)c(C(=O)NCC2(C(=O)O)CC2)nn1-c1cccc(C(F)(F)F)c1. The minimum atomic E-state index is -4.56. The highest BCUT2D eigenvalue weighted by Crippen LogP contribution is 2.45. The van der Waals surface area contributed by atoms with E-state index in [1.807, 2.05) is 0 Å². The number of rotatable bonds is 5. The molecule has 148 valence electrons. The van der Waals surface area contributed by atoms with Crippen LogP contribution in [0, 0.1) is 12.3 Å². The molecule has 1 heterocycles. The van der Waals surface area contributed by atoms with Gasteiger partial charge in [0.25, 0.3) is 5.91 Å². The van der Waals surface area contributed by atoms with Crippen LogP contribution in [0.5, 0.6) is 0 Å². The summed E-state index contributed by atoms with van der Waals surface area (Å²) >= 11 is 0. The molecule has 3 rings (SSSR count). The molecule has 1 fully saturated rings. The van der Waals surface area contributed by atoms with E-state index in [2.05, 4.69) is 10.4 Å². The maximum absolute atomic E-state index is 12.9. The van der Waals surface area contributed by atoms with Gasteiger partial charge in [-0.1, -0.05) is 6.07 Å². The largest absolute Gasteiger partial charge is 0.481 e. The number of aryl methyl sites for hydroxylation is 1. The highest BCUT2D eigenvalue weighted by atomic mass is 19.4. The van der Waals surface area contributed by atoms with Gasteiger partial charge in [-0.05, 0) is 38.0 Å². The Morgan fingerprint density at radius 1 is 1.29 bits per heavy atom. The lowest BCUT2D eigenvalue weighted by Gasteiger charge is -2.14. The molecule has 0 bridgehead atoms. The number of carbonyl (C=O) groups excluding carboxylic acids is 1. The number of nitrogens with zero attached hydrogens (tertiary/aromatic N) is 2. The van der Waals surface area contributed by atoms with Crippen LogP contribution < -0.4 is 10.7 Å². The number of carbonyl (C=O) groups is 2. The number of amides is 1. The fraction of sp³-hybridized carbons (Fsp3) is 0.333. The van der Waals surface area contributed by atoms with Crippen LogP contribution in [0.4, 0.5) is 13.2 Å². The van der Waals surface area contributed by atoms with Gasteiger partial charge in [-0.3, -0.25) is 14.4 Å². The first-order valence-electron chi connectivity index (χ1n) is 8.34. The summed E-state index contributed by atoms with van der Waals surface area (Å²) in [4.78, 5) is 35.6. The molecule has 28 heavy (non-hydrogen) atoms. The average molecular weight is 395 g/mol. The van der Waals surface area contributed by atoms with Crippen LogP contribution in [-0.4, -0.2) is 33.3 Å². The van der Waals surface area contributed by atoms with E-state index in [0.29, 0.717) is 12.8 Å². The molecule has 7 nitrogen and oxygen atoms in total. The lowest BCUT2D eigenvalue weighted by molar-refractivity contribution is -0.143. The van der Waals surface area contributed by atoms with E-state index in [0.717, 1.165) is 22.9 Å². The first-order valence-corrected chi connectivity index (χ1v) is 8.34. The van der Waals surface area contributed by atoms with Crippen LogP contribution in [0.1, 0.15) is 34.6 Å². The zero-order valence-electron chi connectivity index (χ0n) is 14.7. The van der Waals surface area contributed by atoms with Gasteiger partial charge in [-0.15, -0.1) is 0 Å². The standard InChI is InChI=1S/C18H16F3N3O4/c1-10-7-13(25)14(15(26)22-9-17(5-6-17)16(27)28)23-24(10)12-4-2-3-11(8-12)18(19,20)21/h2-4,7-8H,5-6,9H2,1H3,(H,22,26)(H,27,28). The molecule has 1 aromatic heterocycles. The summed E-state index contributed by atoms with van der Waals surface area (Å²) < 4.78 is 39.9. The Bertz CT molecular complexity index is 1010. The van der Waals surface area contributed by atoms with Gasteiger partial charge in [0.15, 0.2) is 5.69 Å². The lowest BCUT2D eigenvalue weighted by Crippen LogP contribution is -2.37. The van der Waals surface area contributed by atoms with Crippen LogP contribution in [0.2, 0.25) is 0 Å². The molecule has 1 aliphatic rings. The minimum Gasteiger partial charge on any atom is -0.481 e. The van der Waals surface area contributed by atoms with Crippen LogP contribution in [0.15, 0.2) is 35.1 Å². The Kier molecular flexibility index (Phi) is 4.74. The third-order valence-corrected chi connectivity index (χ3v) is 4.64. The number of hydrogen-bond acceptors (Lipinski definition) is 4. The molecule has 0 radical (unpaired) electrons. The predicted octanol–water partition coefficient (Wildman–Crippen LogP) is 2.15. The van der Waals surface area contributed by atoms with Crippen molar-refractivity contribution >= 4 is 11.9 Å². The number of halogens is 3. The molecule has 0 spiro atoms. The van der Waals surface area contributed by atoms with Gasteiger partial charge in [-0.2, -0.15) is 18.3 Å². The third-order valence-electron chi connectivity index (χ3n) is 4.64. The van der Waals surface area contributed by atoms with E-state index in [1.54, 1.807) is 0 Å². The molecule has 1 aromatic carbocycles. The first-order chi connectivity index (χ1) is 13.0. The van der Waals surface area contributed by atoms with Crippen molar-refractivity contribution in [2.45, 2.75) is 25.9 Å². The summed E-state index contributed by atoms with van der Waals surface area (Å²) in [6.07, 6.45) is -3.73. The Hall–Kier alpha value is -3.17.